The minimum atomic E-state index is 0.202. The normalized spacial score (nSPS) is 24.6. The maximum Gasteiger partial charge on any atom is 0.234 e. The summed E-state index contributed by atoms with van der Waals surface area (Å²) in [6.07, 6.45) is 4.24. The molecule has 0 radical (unpaired) electrons. The molecule has 0 aliphatic carbocycles. The first-order valence-corrected chi connectivity index (χ1v) is 7.67. The summed E-state index contributed by atoms with van der Waals surface area (Å²) >= 11 is 0. The molecule has 110 valence electrons. The van der Waals surface area contributed by atoms with Crippen LogP contribution in [0.25, 0.3) is 0 Å². The lowest BCUT2D eigenvalue weighted by Crippen LogP contribution is -2.17. The van der Waals surface area contributed by atoms with E-state index in [4.69, 9.17) is 9.26 Å². The molecule has 2 atom stereocenters. The first-order valence-electron chi connectivity index (χ1n) is 7.67. The van der Waals surface area contributed by atoms with Crippen molar-refractivity contribution in [1.82, 2.24) is 10.1 Å². The average molecular weight is 285 g/mol. The SMILES string of the molecule is c1ccc2c(c1)NCCC2c1nc(CC2CCCO2)no1. The smallest absolute Gasteiger partial charge is 0.234 e. The molecule has 4 rings (SSSR count). The molecule has 0 amide bonds. The van der Waals surface area contributed by atoms with Crippen LogP contribution in [-0.4, -0.2) is 29.4 Å². The molecule has 0 bridgehead atoms. The molecule has 1 N–H and O–H groups in total. The number of rotatable bonds is 3. The van der Waals surface area contributed by atoms with Gasteiger partial charge in [0.1, 0.15) is 0 Å². The molecule has 2 aliphatic rings. The Morgan fingerprint density at radius 3 is 3.10 bits per heavy atom. The topological polar surface area (TPSA) is 60.2 Å². The number of aromatic nitrogens is 2. The number of nitrogens with zero attached hydrogens (tertiary/aromatic N) is 2. The van der Waals surface area contributed by atoms with E-state index in [1.54, 1.807) is 0 Å². The van der Waals surface area contributed by atoms with Crippen LogP contribution in [0.15, 0.2) is 28.8 Å². The van der Waals surface area contributed by atoms with Gasteiger partial charge in [0.2, 0.25) is 5.89 Å². The lowest BCUT2D eigenvalue weighted by atomic mass is 9.91. The van der Waals surface area contributed by atoms with E-state index in [0.717, 1.165) is 50.6 Å². The predicted octanol–water partition coefficient (Wildman–Crippen LogP) is 2.74. The number of nitrogens with one attached hydrogen (secondary N) is 1. The highest BCUT2D eigenvalue weighted by molar-refractivity contribution is 5.56. The van der Waals surface area contributed by atoms with Gasteiger partial charge < -0.3 is 14.6 Å². The minimum Gasteiger partial charge on any atom is -0.385 e. The summed E-state index contributed by atoms with van der Waals surface area (Å²) in [6, 6.07) is 8.34. The Kier molecular flexibility index (Phi) is 3.35. The Hall–Kier alpha value is -1.88. The number of benzene rings is 1. The van der Waals surface area contributed by atoms with E-state index >= 15 is 0 Å². The molecule has 0 saturated carbocycles. The quantitative estimate of drug-likeness (QED) is 0.939. The second-order valence-corrected chi connectivity index (χ2v) is 5.74. The molecular formula is C16H19N3O2. The fourth-order valence-electron chi connectivity index (χ4n) is 3.23. The molecule has 2 aliphatic heterocycles. The molecule has 5 heteroatoms. The van der Waals surface area contributed by atoms with Gasteiger partial charge >= 0.3 is 0 Å². The fourth-order valence-corrected chi connectivity index (χ4v) is 3.23. The van der Waals surface area contributed by atoms with Crippen molar-refractivity contribution in [1.29, 1.82) is 0 Å². The van der Waals surface area contributed by atoms with Gasteiger partial charge in [0.25, 0.3) is 0 Å². The molecule has 1 aromatic heterocycles. The second-order valence-electron chi connectivity index (χ2n) is 5.74. The largest absolute Gasteiger partial charge is 0.385 e. The van der Waals surface area contributed by atoms with E-state index in [9.17, 15) is 0 Å². The van der Waals surface area contributed by atoms with Crippen LogP contribution in [0.4, 0.5) is 5.69 Å². The Morgan fingerprint density at radius 1 is 1.24 bits per heavy atom. The van der Waals surface area contributed by atoms with Gasteiger partial charge in [0.15, 0.2) is 5.82 Å². The summed E-state index contributed by atoms with van der Waals surface area (Å²) in [5.74, 6) is 1.71. The van der Waals surface area contributed by atoms with Crippen molar-refractivity contribution in [3.8, 4) is 0 Å². The zero-order valence-corrected chi connectivity index (χ0v) is 11.9. The number of ether oxygens (including phenoxy) is 1. The van der Waals surface area contributed by atoms with Crippen LogP contribution in [0.5, 0.6) is 0 Å². The zero-order chi connectivity index (χ0) is 14.1. The Balaban J connectivity index is 1.56. The fraction of sp³-hybridized carbons (Fsp3) is 0.500. The van der Waals surface area contributed by atoms with Crippen molar-refractivity contribution in [2.24, 2.45) is 0 Å². The first-order chi connectivity index (χ1) is 10.4. The molecule has 2 unspecified atom stereocenters. The summed E-state index contributed by atoms with van der Waals surface area (Å²) in [4.78, 5) is 4.61. The lowest BCUT2D eigenvalue weighted by Gasteiger charge is -2.23. The number of anilines is 1. The van der Waals surface area contributed by atoms with Crippen LogP contribution in [0.1, 0.15) is 42.5 Å². The average Bonchev–Trinajstić information content (AvgIpc) is 3.19. The van der Waals surface area contributed by atoms with E-state index in [1.807, 2.05) is 6.07 Å². The Labute approximate surface area is 123 Å². The van der Waals surface area contributed by atoms with E-state index in [1.165, 1.54) is 11.3 Å². The standard InChI is InChI=1S/C16H19N3O2/c1-2-6-14-12(5-1)13(7-8-17-14)16-18-15(19-21-16)10-11-4-3-9-20-11/h1-2,5-6,11,13,17H,3-4,7-10H2. The van der Waals surface area contributed by atoms with Crippen LogP contribution >= 0.6 is 0 Å². The highest BCUT2D eigenvalue weighted by Gasteiger charge is 2.27. The summed E-state index contributed by atoms with van der Waals surface area (Å²) in [5, 5.41) is 7.56. The molecule has 21 heavy (non-hydrogen) atoms. The number of para-hydroxylation sites is 1. The molecule has 5 nitrogen and oxygen atoms in total. The maximum atomic E-state index is 5.64. The highest BCUT2D eigenvalue weighted by atomic mass is 16.5. The Bertz CT molecular complexity index is 619. The van der Waals surface area contributed by atoms with Crippen molar-refractivity contribution >= 4 is 5.69 Å². The van der Waals surface area contributed by atoms with Gasteiger partial charge in [-0.2, -0.15) is 4.98 Å². The van der Waals surface area contributed by atoms with Gasteiger partial charge in [0, 0.05) is 25.3 Å². The van der Waals surface area contributed by atoms with Gasteiger partial charge in [-0.1, -0.05) is 23.4 Å². The van der Waals surface area contributed by atoms with Crippen molar-refractivity contribution in [2.75, 3.05) is 18.5 Å². The van der Waals surface area contributed by atoms with Crippen LogP contribution in [0, 0.1) is 0 Å². The summed E-state index contributed by atoms with van der Waals surface area (Å²) in [6.45, 7) is 1.79. The van der Waals surface area contributed by atoms with Gasteiger partial charge in [0.05, 0.1) is 12.0 Å². The highest BCUT2D eigenvalue weighted by Crippen LogP contribution is 2.35. The van der Waals surface area contributed by atoms with E-state index in [0.29, 0.717) is 0 Å². The van der Waals surface area contributed by atoms with Crippen LogP contribution in [0.3, 0.4) is 0 Å². The van der Waals surface area contributed by atoms with E-state index < -0.39 is 0 Å². The van der Waals surface area contributed by atoms with E-state index in [2.05, 4.69) is 33.7 Å². The van der Waals surface area contributed by atoms with Crippen molar-refractivity contribution < 1.29 is 9.26 Å². The van der Waals surface area contributed by atoms with Gasteiger partial charge in [-0.05, 0) is 30.9 Å². The second kappa shape index (κ2) is 5.48. The molecular weight excluding hydrogens is 266 g/mol. The number of fused-ring (bicyclic) bond motifs is 1. The zero-order valence-electron chi connectivity index (χ0n) is 11.9. The predicted molar refractivity (Wildman–Crippen MR) is 78.4 cm³/mol. The van der Waals surface area contributed by atoms with Gasteiger partial charge in [-0.25, -0.2) is 0 Å². The minimum absolute atomic E-state index is 0.202. The van der Waals surface area contributed by atoms with Crippen molar-refractivity contribution in [3.05, 3.63) is 41.5 Å². The maximum absolute atomic E-state index is 5.64. The van der Waals surface area contributed by atoms with Gasteiger partial charge in [-0.15, -0.1) is 0 Å². The third-order valence-electron chi connectivity index (χ3n) is 4.30. The molecule has 1 saturated heterocycles. The van der Waals surface area contributed by atoms with Crippen LogP contribution in [-0.2, 0) is 11.2 Å². The summed E-state index contributed by atoms with van der Waals surface area (Å²) < 4.78 is 11.2. The van der Waals surface area contributed by atoms with Crippen LogP contribution < -0.4 is 5.32 Å². The number of hydrogen-bond acceptors (Lipinski definition) is 5. The third-order valence-corrected chi connectivity index (χ3v) is 4.30. The first kappa shape index (κ1) is 12.8. The molecule has 1 fully saturated rings. The molecule has 3 heterocycles. The third kappa shape index (κ3) is 2.53. The van der Waals surface area contributed by atoms with Crippen LogP contribution in [0.2, 0.25) is 0 Å². The molecule has 0 spiro atoms. The van der Waals surface area contributed by atoms with Crippen molar-refractivity contribution in [3.63, 3.8) is 0 Å². The molecule has 2 aromatic rings. The van der Waals surface area contributed by atoms with Gasteiger partial charge in [-0.3, -0.25) is 0 Å². The van der Waals surface area contributed by atoms with E-state index in [-0.39, 0.29) is 12.0 Å². The van der Waals surface area contributed by atoms with Crippen molar-refractivity contribution in [2.45, 2.75) is 37.7 Å². The summed E-state index contributed by atoms with van der Waals surface area (Å²) in [7, 11) is 0. The number of hydrogen-bond donors (Lipinski definition) is 1. The Morgan fingerprint density at radius 2 is 2.19 bits per heavy atom. The monoisotopic (exact) mass is 285 g/mol. The lowest BCUT2D eigenvalue weighted by molar-refractivity contribution is 0.109. The molecule has 1 aromatic carbocycles. The summed E-state index contributed by atoms with van der Waals surface area (Å²) in [5.41, 5.74) is 2.42.